The van der Waals surface area contributed by atoms with E-state index in [1.54, 1.807) is 38.1 Å². The second-order valence-electron chi connectivity index (χ2n) is 4.77. The molecule has 1 unspecified atom stereocenters. The van der Waals surface area contributed by atoms with Gasteiger partial charge in [0, 0.05) is 17.3 Å². The summed E-state index contributed by atoms with van der Waals surface area (Å²) in [4.78, 5) is 33.7. The number of amides is 2. The predicted octanol–water partition coefficient (Wildman–Crippen LogP) is 1.94. The van der Waals surface area contributed by atoms with E-state index in [9.17, 15) is 14.4 Å². The van der Waals surface area contributed by atoms with Gasteiger partial charge in [-0.2, -0.15) is 0 Å². The Hall–Kier alpha value is -2.37. The molecular formula is C14H18N2O4. The molecule has 0 fully saturated rings. The molecule has 0 saturated carbocycles. The summed E-state index contributed by atoms with van der Waals surface area (Å²) in [5.74, 6) is -3.10. The molecule has 108 valence electrons. The quantitative estimate of drug-likeness (QED) is 0.717. The first-order valence-corrected chi connectivity index (χ1v) is 6.26. The number of aliphatic carboxylic acids is 1. The molecule has 0 radical (unpaired) electrons. The highest BCUT2D eigenvalue weighted by atomic mass is 16.4. The van der Waals surface area contributed by atoms with Crippen LogP contribution in [-0.2, 0) is 14.4 Å². The van der Waals surface area contributed by atoms with E-state index in [0.717, 1.165) is 0 Å². The van der Waals surface area contributed by atoms with Gasteiger partial charge in [0.05, 0.1) is 0 Å². The first-order chi connectivity index (χ1) is 9.31. The summed E-state index contributed by atoms with van der Waals surface area (Å²) in [7, 11) is 0. The topological polar surface area (TPSA) is 95.5 Å². The molecule has 0 spiro atoms. The van der Waals surface area contributed by atoms with Crippen molar-refractivity contribution in [1.29, 1.82) is 0 Å². The van der Waals surface area contributed by atoms with Crippen LogP contribution in [-0.4, -0.2) is 22.9 Å². The molecule has 6 nitrogen and oxygen atoms in total. The summed E-state index contributed by atoms with van der Waals surface area (Å²) in [6.07, 6.45) is 0. The van der Waals surface area contributed by atoms with Gasteiger partial charge in [0.2, 0.25) is 11.8 Å². The number of nitrogens with one attached hydrogen (secondary N) is 2. The zero-order chi connectivity index (χ0) is 15.3. The smallest absolute Gasteiger partial charge is 0.315 e. The van der Waals surface area contributed by atoms with E-state index in [1.165, 1.54) is 6.92 Å². The van der Waals surface area contributed by atoms with E-state index >= 15 is 0 Å². The van der Waals surface area contributed by atoms with Crippen molar-refractivity contribution < 1.29 is 19.5 Å². The van der Waals surface area contributed by atoms with Crippen molar-refractivity contribution in [1.82, 2.24) is 0 Å². The van der Waals surface area contributed by atoms with Gasteiger partial charge in [-0.05, 0) is 31.2 Å². The van der Waals surface area contributed by atoms with Crippen molar-refractivity contribution in [3.8, 4) is 0 Å². The molecule has 1 atom stereocenters. The number of carboxylic acid groups (broad SMARTS) is 1. The minimum absolute atomic E-state index is 0.0960. The van der Waals surface area contributed by atoms with E-state index < -0.39 is 17.8 Å². The molecule has 3 N–H and O–H groups in total. The molecule has 2 amide bonds. The molecule has 1 aromatic carbocycles. The Morgan fingerprint density at radius 2 is 1.30 bits per heavy atom. The summed E-state index contributed by atoms with van der Waals surface area (Å²) in [5, 5.41) is 13.9. The van der Waals surface area contributed by atoms with Gasteiger partial charge in [0.15, 0.2) is 0 Å². The van der Waals surface area contributed by atoms with Gasteiger partial charge in [-0.1, -0.05) is 13.8 Å². The summed E-state index contributed by atoms with van der Waals surface area (Å²) >= 11 is 0. The fourth-order valence-corrected chi connectivity index (χ4v) is 1.29. The van der Waals surface area contributed by atoms with Gasteiger partial charge < -0.3 is 15.7 Å². The molecule has 1 aromatic rings. The Bertz CT molecular complexity index is 508. The molecule has 0 heterocycles. The molecular weight excluding hydrogens is 260 g/mol. The first kappa shape index (κ1) is 15.7. The van der Waals surface area contributed by atoms with Gasteiger partial charge in [-0.15, -0.1) is 0 Å². The molecule has 20 heavy (non-hydrogen) atoms. The van der Waals surface area contributed by atoms with Gasteiger partial charge in [0.1, 0.15) is 5.92 Å². The summed E-state index contributed by atoms with van der Waals surface area (Å²) < 4.78 is 0. The van der Waals surface area contributed by atoms with Crippen LogP contribution in [0.5, 0.6) is 0 Å². The van der Waals surface area contributed by atoms with Crippen molar-refractivity contribution in [3.05, 3.63) is 24.3 Å². The Kier molecular flexibility index (Phi) is 5.25. The molecule has 0 aromatic heterocycles. The summed E-state index contributed by atoms with van der Waals surface area (Å²) in [6.45, 7) is 4.89. The van der Waals surface area contributed by atoms with Crippen LogP contribution in [0.25, 0.3) is 0 Å². The number of rotatable bonds is 5. The molecule has 0 aliphatic rings. The fraction of sp³-hybridized carbons (Fsp3) is 0.357. The monoisotopic (exact) mass is 278 g/mol. The maximum Gasteiger partial charge on any atom is 0.315 e. The van der Waals surface area contributed by atoms with E-state index in [-0.39, 0.29) is 11.8 Å². The summed E-state index contributed by atoms with van der Waals surface area (Å²) in [5.41, 5.74) is 1.10. The van der Waals surface area contributed by atoms with E-state index in [2.05, 4.69) is 10.6 Å². The lowest BCUT2D eigenvalue weighted by molar-refractivity contribution is -0.144. The minimum Gasteiger partial charge on any atom is -0.481 e. The van der Waals surface area contributed by atoms with Crippen LogP contribution in [0.15, 0.2) is 24.3 Å². The number of carboxylic acids is 1. The van der Waals surface area contributed by atoms with Crippen LogP contribution in [0.1, 0.15) is 20.8 Å². The Morgan fingerprint density at radius 1 is 0.900 bits per heavy atom. The number of carbonyl (C=O) groups excluding carboxylic acids is 2. The fourth-order valence-electron chi connectivity index (χ4n) is 1.29. The second kappa shape index (κ2) is 6.70. The highest BCUT2D eigenvalue weighted by Gasteiger charge is 2.20. The molecule has 6 heteroatoms. The van der Waals surface area contributed by atoms with Gasteiger partial charge in [-0.25, -0.2) is 0 Å². The van der Waals surface area contributed by atoms with Gasteiger partial charge in [0.25, 0.3) is 0 Å². The average Bonchev–Trinajstić information content (AvgIpc) is 2.39. The van der Waals surface area contributed by atoms with Crippen molar-refractivity contribution in [2.24, 2.45) is 11.8 Å². The number of hydrogen-bond acceptors (Lipinski definition) is 3. The number of hydrogen-bond donors (Lipinski definition) is 3. The van der Waals surface area contributed by atoms with Crippen molar-refractivity contribution >= 4 is 29.2 Å². The van der Waals surface area contributed by atoms with Crippen LogP contribution in [0.4, 0.5) is 11.4 Å². The number of carbonyl (C=O) groups is 3. The Labute approximate surface area is 117 Å². The number of anilines is 2. The zero-order valence-corrected chi connectivity index (χ0v) is 11.6. The highest BCUT2D eigenvalue weighted by Crippen LogP contribution is 2.15. The van der Waals surface area contributed by atoms with E-state index in [1.807, 2.05) is 0 Å². The van der Waals surface area contributed by atoms with Crippen molar-refractivity contribution in [2.45, 2.75) is 20.8 Å². The predicted molar refractivity (Wildman–Crippen MR) is 75.3 cm³/mol. The SMILES string of the molecule is CC(C)C(=O)Nc1ccc(NC(=O)C(C)C(=O)O)cc1. The molecule has 0 aliphatic carbocycles. The number of benzene rings is 1. The molecule has 0 aliphatic heterocycles. The highest BCUT2D eigenvalue weighted by molar-refractivity contribution is 6.04. The van der Waals surface area contributed by atoms with E-state index in [0.29, 0.717) is 11.4 Å². The summed E-state index contributed by atoms with van der Waals surface area (Å²) in [6, 6.07) is 6.48. The maximum atomic E-state index is 11.5. The van der Waals surface area contributed by atoms with Crippen molar-refractivity contribution in [3.63, 3.8) is 0 Å². The van der Waals surface area contributed by atoms with E-state index in [4.69, 9.17) is 5.11 Å². The standard InChI is InChI=1S/C14H18N2O4/c1-8(2)12(17)15-10-4-6-11(7-5-10)16-13(18)9(3)14(19)20/h4-9H,1-3H3,(H,15,17)(H,16,18)(H,19,20). The van der Waals surface area contributed by atoms with Crippen molar-refractivity contribution in [2.75, 3.05) is 10.6 Å². The Balaban J connectivity index is 2.65. The molecule has 1 rings (SSSR count). The molecule has 0 bridgehead atoms. The average molecular weight is 278 g/mol. The van der Waals surface area contributed by atoms with Crippen LogP contribution < -0.4 is 10.6 Å². The normalized spacial score (nSPS) is 11.8. The van der Waals surface area contributed by atoms with Crippen LogP contribution >= 0.6 is 0 Å². The van der Waals surface area contributed by atoms with Crippen LogP contribution in [0, 0.1) is 11.8 Å². The third kappa shape index (κ3) is 4.38. The first-order valence-electron chi connectivity index (χ1n) is 6.26. The largest absolute Gasteiger partial charge is 0.481 e. The lowest BCUT2D eigenvalue weighted by Crippen LogP contribution is -2.26. The third-order valence-corrected chi connectivity index (χ3v) is 2.71. The lowest BCUT2D eigenvalue weighted by Gasteiger charge is -2.10. The maximum absolute atomic E-state index is 11.5. The molecule has 0 saturated heterocycles. The Morgan fingerprint density at radius 3 is 1.65 bits per heavy atom. The zero-order valence-electron chi connectivity index (χ0n) is 11.6. The minimum atomic E-state index is -1.18. The van der Waals surface area contributed by atoms with Gasteiger partial charge >= 0.3 is 5.97 Å². The second-order valence-corrected chi connectivity index (χ2v) is 4.77. The lowest BCUT2D eigenvalue weighted by atomic mass is 10.1. The third-order valence-electron chi connectivity index (χ3n) is 2.71. The van der Waals surface area contributed by atoms with Crippen LogP contribution in [0.2, 0.25) is 0 Å². The van der Waals surface area contributed by atoms with Crippen LogP contribution in [0.3, 0.4) is 0 Å². The van der Waals surface area contributed by atoms with Gasteiger partial charge in [-0.3, -0.25) is 14.4 Å².